The number of nitrogens with zero attached hydrogens (tertiary/aromatic N) is 1. The first-order chi connectivity index (χ1) is 6.36. The van der Waals surface area contributed by atoms with Gasteiger partial charge in [-0.1, -0.05) is 30.3 Å². The second-order valence-electron chi connectivity index (χ2n) is 2.42. The monoisotopic (exact) mass is 180 g/mol. The first kappa shape index (κ1) is 9.54. The maximum absolute atomic E-state index is 8.50. The van der Waals surface area contributed by atoms with Gasteiger partial charge in [-0.2, -0.15) is 0 Å². The molecule has 0 aliphatic heterocycles. The van der Waals surface area contributed by atoms with Gasteiger partial charge in [0.15, 0.2) is 0 Å². The van der Waals surface area contributed by atoms with Crippen molar-refractivity contribution in [3.05, 3.63) is 35.9 Å². The number of hydrogen-bond donors (Lipinski definition) is 2. The standard InChI is InChI=1S/C9H12N2O2/c1-13-9(11-12)10-7-8-5-3-2-4-6-8/h2-6,12H,7H2,1H3,(H,10,11). The minimum absolute atomic E-state index is 0.115. The summed E-state index contributed by atoms with van der Waals surface area (Å²) < 4.78 is 4.71. The topological polar surface area (TPSA) is 53.8 Å². The smallest absolute Gasteiger partial charge is 0.309 e. The molecule has 0 spiro atoms. The second-order valence-corrected chi connectivity index (χ2v) is 2.42. The van der Waals surface area contributed by atoms with Crippen LogP contribution in [0.25, 0.3) is 0 Å². The zero-order chi connectivity index (χ0) is 9.52. The molecular weight excluding hydrogens is 168 g/mol. The largest absolute Gasteiger partial charge is 0.467 e. The Balaban J connectivity index is 2.55. The maximum atomic E-state index is 8.50. The van der Waals surface area contributed by atoms with E-state index in [4.69, 9.17) is 9.94 Å². The fourth-order valence-corrected chi connectivity index (χ4v) is 0.892. The molecule has 13 heavy (non-hydrogen) atoms. The van der Waals surface area contributed by atoms with Crippen molar-refractivity contribution in [3.8, 4) is 0 Å². The lowest BCUT2D eigenvalue weighted by Crippen LogP contribution is -2.20. The van der Waals surface area contributed by atoms with Crippen LogP contribution in [-0.4, -0.2) is 18.3 Å². The molecule has 0 saturated heterocycles. The van der Waals surface area contributed by atoms with Gasteiger partial charge in [0.05, 0.1) is 13.7 Å². The van der Waals surface area contributed by atoms with Crippen LogP contribution in [0.3, 0.4) is 0 Å². The minimum Gasteiger partial charge on any atom is -0.467 e. The maximum Gasteiger partial charge on any atom is 0.309 e. The Bertz CT molecular complexity index is 266. The predicted octanol–water partition coefficient (Wildman–Crippen LogP) is 1.17. The van der Waals surface area contributed by atoms with Gasteiger partial charge in [-0.15, -0.1) is 0 Å². The van der Waals surface area contributed by atoms with Gasteiger partial charge in [0.1, 0.15) is 0 Å². The van der Waals surface area contributed by atoms with Gasteiger partial charge in [0.25, 0.3) is 0 Å². The zero-order valence-electron chi connectivity index (χ0n) is 7.40. The molecule has 70 valence electrons. The molecule has 0 heterocycles. The number of aliphatic imine (C=N–C) groups is 1. The van der Waals surface area contributed by atoms with E-state index in [1.165, 1.54) is 7.11 Å². The number of rotatable bonds is 2. The Kier molecular flexibility index (Phi) is 3.78. The summed E-state index contributed by atoms with van der Waals surface area (Å²) in [7, 11) is 1.44. The molecule has 0 amide bonds. The van der Waals surface area contributed by atoms with Crippen LogP contribution in [0.15, 0.2) is 35.3 Å². The van der Waals surface area contributed by atoms with E-state index in [1.54, 1.807) is 0 Å². The van der Waals surface area contributed by atoms with Gasteiger partial charge >= 0.3 is 6.02 Å². The van der Waals surface area contributed by atoms with Gasteiger partial charge in [-0.05, 0) is 5.56 Å². The van der Waals surface area contributed by atoms with Crippen molar-refractivity contribution in [2.45, 2.75) is 6.54 Å². The van der Waals surface area contributed by atoms with E-state index < -0.39 is 0 Å². The van der Waals surface area contributed by atoms with E-state index in [0.717, 1.165) is 5.56 Å². The molecular formula is C9H12N2O2. The van der Waals surface area contributed by atoms with Crippen LogP contribution in [-0.2, 0) is 11.3 Å². The van der Waals surface area contributed by atoms with E-state index in [2.05, 4.69) is 4.99 Å². The summed E-state index contributed by atoms with van der Waals surface area (Å²) in [6.45, 7) is 0.484. The lowest BCUT2D eigenvalue weighted by Gasteiger charge is -2.01. The van der Waals surface area contributed by atoms with Gasteiger partial charge in [0, 0.05) is 0 Å². The Labute approximate surface area is 76.8 Å². The minimum atomic E-state index is 0.115. The average Bonchev–Trinajstić information content (AvgIpc) is 2.21. The quantitative estimate of drug-likeness (QED) is 0.408. The molecule has 0 atom stereocenters. The summed E-state index contributed by atoms with van der Waals surface area (Å²) in [5.74, 6) is 0. The van der Waals surface area contributed by atoms with E-state index in [1.807, 2.05) is 35.8 Å². The molecule has 1 rings (SSSR count). The summed E-state index contributed by atoms with van der Waals surface area (Å²) in [5.41, 5.74) is 2.91. The highest BCUT2D eigenvalue weighted by Gasteiger charge is 1.93. The molecule has 0 aromatic heterocycles. The van der Waals surface area contributed by atoms with Crippen molar-refractivity contribution in [1.82, 2.24) is 5.48 Å². The van der Waals surface area contributed by atoms with Crippen LogP contribution in [0.2, 0.25) is 0 Å². The SMILES string of the molecule is COC(=NCc1ccccc1)NO. The van der Waals surface area contributed by atoms with Crippen LogP contribution in [0.4, 0.5) is 0 Å². The Morgan fingerprint density at radius 3 is 2.69 bits per heavy atom. The fraction of sp³-hybridized carbons (Fsp3) is 0.222. The van der Waals surface area contributed by atoms with Crippen LogP contribution in [0.1, 0.15) is 5.56 Å². The normalized spacial score (nSPS) is 11.1. The Morgan fingerprint density at radius 2 is 2.15 bits per heavy atom. The van der Waals surface area contributed by atoms with Crippen molar-refractivity contribution in [3.63, 3.8) is 0 Å². The molecule has 0 radical (unpaired) electrons. The Hall–Kier alpha value is -1.55. The molecule has 4 nitrogen and oxygen atoms in total. The van der Waals surface area contributed by atoms with Crippen molar-refractivity contribution < 1.29 is 9.94 Å². The van der Waals surface area contributed by atoms with Crippen molar-refractivity contribution in [2.24, 2.45) is 4.99 Å². The fourth-order valence-electron chi connectivity index (χ4n) is 0.892. The van der Waals surface area contributed by atoms with E-state index in [0.29, 0.717) is 6.54 Å². The van der Waals surface area contributed by atoms with Gasteiger partial charge in [-0.3, -0.25) is 5.21 Å². The van der Waals surface area contributed by atoms with E-state index in [-0.39, 0.29) is 6.02 Å². The molecule has 2 N–H and O–H groups in total. The summed E-state index contributed by atoms with van der Waals surface area (Å²) >= 11 is 0. The van der Waals surface area contributed by atoms with Crippen molar-refractivity contribution >= 4 is 6.02 Å². The summed E-state index contributed by atoms with van der Waals surface area (Å²) in [6, 6.07) is 9.83. The molecule has 0 saturated carbocycles. The molecule has 0 aliphatic carbocycles. The second kappa shape index (κ2) is 5.16. The number of ether oxygens (including phenoxy) is 1. The number of hydroxylamine groups is 1. The number of benzene rings is 1. The Morgan fingerprint density at radius 1 is 1.46 bits per heavy atom. The van der Waals surface area contributed by atoms with Crippen molar-refractivity contribution in [2.75, 3.05) is 7.11 Å². The number of nitrogens with one attached hydrogen (secondary N) is 1. The third kappa shape index (κ3) is 3.13. The zero-order valence-corrected chi connectivity index (χ0v) is 7.40. The lowest BCUT2D eigenvalue weighted by molar-refractivity contribution is 0.193. The summed E-state index contributed by atoms with van der Waals surface area (Å²) in [4.78, 5) is 3.96. The highest BCUT2D eigenvalue weighted by Crippen LogP contribution is 1.99. The predicted molar refractivity (Wildman–Crippen MR) is 49.5 cm³/mol. The highest BCUT2D eigenvalue weighted by atomic mass is 16.6. The molecule has 1 aromatic rings. The van der Waals surface area contributed by atoms with Crippen LogP contribution in [0, 0.1) is 0 Å². The van der Waals surface area contributed by atoms with Gasteiger partial charge < -0.3 is 4.74 Å². The third-order valence-corrected chi connectivity index (χ3v) is 1.54. The van der Waals surface area contributed by atoms with Gasteiger partial charge in [0.2, 0.25) is 0 Å². The van der Waals surface area contributed by atoms with Crippen LogP contribution in [0.5, 0.6) is 0 Å². The molecule has 1 aromatic carbocycles. The van der Waals surface area contributed by atoms with Crippen LogP contribution >= 0.6 is 0 Å². The number of hydrogen-bond acceptors (Lipinski definition) is 3. The average molecular weight is 180 g/mol. The molecule has 0 unspecified atom stereocenters. The summed E-state index contributed by atoms with van der Waals surface area (Å²) in [6.07, 6.45) is 0. The summed E-state index contributed by atoms with van der Waals surface area (Å²) in [5, 5.41) is 8.50. The first-order valence-electron chi connectivity index (χ1n) is 3.89. The number of methoxy groups -OCH3 is 1. The molecule has 0 fully saturated rings. The molecule has 4 heteroatoms. The van der Waals surface area contributed by atoms with E-state index in [9.17, 15) is 0 Å². The first-order valence-corrected chi connectivity index (χ1v) is 3.89. The van der Waals surface area contributed by atoms with Crippen molar-refractivity contribution in [1.29, 1.82) is 0 Å². The van der Waals surface area contributed by atoms with Gasteiger partial charge in [-0.25, -0.2) is 10.5 Å². The third-order valence-electron chi connectivity index (χ3n) is 1.54. The van der Waals surface area contributed by atoms with E-state index >= 15 is 0 Å². The molecule has 0 aliphatic rings. The van der Waals surface area contributed by atoms with Crippen LogP contribution < -0.4 is 5.48 Å². The highest BCUT2D eigenvalue weighted by molar-refractivity contribution is 5.71. The lowest BCUT2D eigenvalue weighted by atomic mass is 10.2. The molecule has 0 bridgehead atoms. The number of amidine groups is 1.